The van der Waals surface area contributed by atoms with E-state index in [4.69, 9.17) is 9.73 Å². The lowest BCUT2D eigenvalue weighted by Gasteiger charge is -2.57. The van der Waals surface area contributed by atoms with Crippen LogP contribution in [0.3, 0.4) is 0 Å². The first kappa shape index (κ1) is 16.9. The molecule has 1 spiro atoms. The van der Waals surface area contributed by atoms with Crippen molar-refractivity contribution < 1.29 is 4.74 Å². The third-order valence-electron chi connectivity index (χ3n) is 6.30. The van der Waals surface area contributed by atoms with Crippen LogP contribution in [0.25, 0.3) is 0 Å². The highest BCUT2D eigenvalue weighted by Crippen LogP contribution is 2.60. The van der Waals surface area contributed by atoms with Gasteiger partial charge < -0.3 is 15.4 Å². The Bertz CT molecular complexity index is 579. The molecule has 2 heterocycles. The standard InChI is InChI=1S/C19H31N5O/c1-2-20-18(21-10-5-12-24-13-6-11-22-24)23-16-15-7-14-25-17(15)19(16)8-3-4-9-19/h6,11,13,15-17H,2-5,7-10,12,14H2,1H3,(H2,20,21,23). The Labute approximate surface area is 150 Å². The molecule has 3 aliphatic rings. The molecule has 3 unspecified atom stereocenters. The second-order valence-electron chi connectivity index (χ2n) is 7.69. The molecule has 1 saturated heterocycles. The molecule has 0 bridgehead atoms. The van der Waals surface area contributed by atoms with Crippen LogP contribution < -0.4 is 10.6 Å². The Hall–Kier alpha value is -1.56. The van der Waals surface area contributed by atoms with Gasteiger partial charge in [0.2, 0.25) is 0 Å². The van der Waals surface area contributed by atoms with E-state index < -0.39 is 0 Å². The number of aryl methyl sites for hydroxylation is 1. The summed E-state index contributed by atoms with van der Waals surface area (Å²) >= 11 is 0. The molecule has 25 heavy (non-hydrogen) atoms. The average molecular weight is 345 g/mol. The topological polar surface area (TPSA) is 63.5 Å². The van der Waals surface area contributed by atoms with E-state index in [-0.39, 0.29) is 0 Å². The fourth-order valence-electron chi connectivity index (χ4n) is 5.23. The van der Waals surface area contributed by atoms with Gasteiger partial charge in [-0.1, -0.05) is 12.8 Å². The Morgan fingerprint density at radius 2 is 2.28 bits per heavy atom. The minimum Gasteiger partial charge on any atom is -0.377 e. The fraction of sp³-hybridized carbons (Fsp3) is 0.789. The van der Waals surface area contributed by atoms with E-state index in [0.717, 1.165) is 38.6 Å². The number of nitrogens with zero attached hydrogens (tertiary/aromatic N) is 3. The Balaban J connectivity index is 1.36. The number of rotatable bonds is 6. The second kappa shape index (κ2) is 7.36. The van der Waals surface area contributed by atoms with Crippen molar-refractivity contribution in [2.24, 2.45) is 16.3 Å². The van der Waals surface area contributed by atoms with Crippen molar-refractivity contribution in [3.05, 3.63) is 18.5 Å². The molecule has 6 nitrogen and oxygen atoms in total. The van der Waals surface area contributed by atoms with Crippen molar-refractivity contribution in [3.63, 3.8) is 0 Å². The Morgan fingerprint density at radius 3 is 3.04 bits per heavy atom. The third-order valence-corrected chi connectivity index (χ3v) is 6.30. The number of aromatic nitrogens is 2. The summed E-state index contributed by atoms with van der Waals surface area (Å²) < 4.78 is 8.06. The van der Waals surface area contributed by atoms with Crippen LogP contribution in [-0.2, 0) is 11.3 Å². The van der Waals surface area contributed by atoms with Crippen LogP contribution in [-0.4, -0.2) is 47.6 Å². The quantitative estimate of drug-likeness (QED) is 0.471. The smallest absolute Gasteiger partial charge is 0.191 e. The second-order valence-corrected chi connectivity index (χ2v) is 7.69. The van der Waals surface area contributed by atoms with Crippen LogP contribution in [0.5, 0.6) is 0 Å². The first-order valence-corrected chi connectivity index (χ1v) is 9.97. The van der Waals surface area contributed by atoms with E-state index in [2.05, 4.69) is 22.7 Å². The molecule has 3 atom stereocenters. The van der Waals surface area contributed by atoms with E-state index in [9.17, 15) is 0 Å². The molecule has 2 saturated carbocycles. The summed E-state index contributed by atoms with van der Waals surface area (Å²) in [6.45, 7) is 5.71. The summed E-state index contributed by atoms with van der Waals surface area (Å²) in [6, 6.07) is 2.50. The summed E-state index contributed by atoms with van der Waals surface area (Å²) in [5.41, 5.74) is 0.367. The van der Waals surface area contributed by atoms with Gasteiger partial charge in [0.15, 0.2) is 5.96 Å². The first-order valence-electron chi connectivity index (χ1n) is 9.97. The van der Waals surface area contributed by atoms with Crippen LogP contribution in [0.15, 0.2) is 23.5 Å². The molecule has 0 amide bonds. The molecule has 4 rings (SSSR count). The van der Waals surface area contributed by atoms with Gasteiger partial charge in [0.1, 0.15) is 0 Å². The fourth-order valence-corrected chi connectivity index (χ4v) is 5.23. The van der Waals surface area contributed by atoms with Crippen LogP contribution in [0.2, 0.25) is 0 Å². The molecule has 1 aromatic heterocycles. The molecular formula is C19H31N5O. The highest BCUT2D eigenvalue weighted by molar-refractivity contribution is 5.80. The van der Waals surface area contributed by atoms with Crippen molar-refractivity contribution in [1.82, 2.24) is 20.4 Å². The molecule has 2 aliphatic carbocycles. The molecule has 3 fully saturated rings. The van der Waals surface area contributed by atoms with Gasteiger partial charge in [-0.15, -0.1) is 0 Å². The molecule has 1 aromatic rings. The highest BCUT2D eigenvalue weighted by Gasteiger charge is 2.65. The van der Waals surface area contributed by atoms with E-state index in [1.165, 1.54) is 32.1 Å². The van der Waals surface area contributed by atoms with Crippen LogP contribution >= 0.6 is 0 Å². The van der Waals surface area contributed by atoms with E-state index in [1.54, 1.807) is 0 Å². The highest BCUT2D eigenvalue weighted by atomic mass is 16.5. The van der Waals surface area contributed by atoms with Gasteiger partial charge in [-0.25, -0.2) is 0 Å². The number of ether oxygens (including phenoxy) is 1. The molecule has 1 aliphatic heterocycles. The molecule has 6 heteroatoms. The average Bonchev–Trinajstić information content (AvgIpc) is 3.37. The van der Waals surface area contributed by atoms with E-state index in [1.807, 2.05) is 23.1 Å². The minimum absolute atomic E-state index is 0.367. The predicted octanol–water partition coefficient (Wildman–Crippen LogP) is 2.18. The zero-order valence-electron chi connectivity index (χ0n) is 15.3. The number of hydrogen-bond acceptors (Lipinski definition) is 3. The molecular weight excluding hydrogens is 314 g/mol. The first-order chi connectivity index (χ1) is 12.3. The summed E-state index contributed by atoms with van der Waals surface area (Å²) in [7, 11) is 0. The predicted molar refractivity (Wildman–Crippen MR) is 98.5 cm³/mol. The number of nitrogens with one attached hydrogen (secondary N) is 2. The van der Waals surface area contributed by atoms with Crippen molar-refractivity contribution in [3.8, 4) is 0 Å². The molecule has 2 N–H and O–H groups in total. The maximum atomic E-state index is 6.09. The van der Waals surface area contributed by atoms with Crippen molar-refractivity contribution in [2.75, 3.05) is 19.7 Å². The van der Waals surface area contributed by atoms with Crippen LogP contribution in [0.4, 0.5) is 0 Å². The largest absolute Gasteiger partial charge is 0.377 e. The van der Waals surface area contributed by atoms with E-state index >= 15 is 0 Å². The maximum absolute atomic E-state index is 6.09. The summed E-state index contributed by atoms with van der Waals surface area (Å²) in [6.07, 6.45) is 11.8. The van der Waals surface area contributed by atoms with Gasteiger partial charge in [0.25, 0.3) is 0 Å². The zero-order valence-corrected chi connectivity index (χ0v) is 15.3. The lowest BCUT2D eigenvalue weighted by atomic mass is 9.54. The number of hydrogen-bond donors (Lipinski definition) is 2. The van der Waals surface area contributed by atoms with Gasteiger partial charge in [-0.2, -0.15) is 5.10 Å². The lowest BCUT2D eigenvalue weighted by Crippen LogP contribution is -2.69. The molecule has 0 radical (unpaired) electrons. The van der Waals surface area contributed by atoms with Gasteiger partial charge in [-0.3, -0.25) is 9.67 Å². The van der Waals surface area contributed by atoms with Gasteiger partial charge in [0, 0.05) is 56.0 Å². The number of guanidine groups is 1. The van der Waals surface area contributed by atoms with Crippen molar-refractivity contribution in [2.45, 2.75) is 64.1 Å². The maximum Gasteiger partial charge on any atom is 0.191 e. The minimum atomic E-state index is 0.367. The van der Waals surface area contributed by atoms with Crippen molar-refractivity contribution in [1.29, 1.82) is 0 Å². The summed E-state index contributed by atoms with van der Waals surface area (Å²) in [4.78, 5) is 4.82. The number of aliphatic imine (C=N–C) groups is 1. The monoisotopic (exact) mass is 345 g/mol. The number of fused-ring (bicyclic) bond motifs is 2. The van der Waals surface area contributed by atoms with E-state index in [0.29, 0.717) is 23.5 Å². The summed E-state index contributed by atoms with van der Waals surface area (Å²) in [5, 5.41) is 11.5. The molecule has 138 valence electrons. The Kier molecular flexibility index (Phi) is 4.97. The normalized spacial score (nSPS) is 30.3. The summed E-state index contributed by atoms with van der Waals surface area (Å²) in [5.74, 6) is 1.65. The van der Waals surface area contributed by atoms with Crippen molar-refractivity contribution >= 4 is 5.96 Å². The lowest BCUT2D eigenvalue weighted by molar-refractivity contribution is -0.125. The van der Waals surface area contributed by atoms with Gasteiger partial charge in [0.05, 0.1) is 6.10 Å². The molecule has 0 aromatic carbocycles. The zero-order chi connectivity index (χ0) is 17.1. The third kappa shape index (κ3) is 3.16. The van der Waals surface area contributed by atoms with Gasteiger partial charge in [-0.05, 0) is 38.7 Å². The Morgan fingerprint density at radius 1 is 1.40 bits per heavy atom. The SMILES string of the molecule is CCNC(=NCCCn1cccn1)NC1C2CCOC2C12CCCC2. The van der Waals surface area contributed by atoms with Crippen LogP contribution in [0.1, 0.15) is 45.4 Å². The van der Waals surface area contributed by atoms with Gasteiger partial charge >= 0.3 is 0 Å². The van der Waals surface area contributed by atoms with Crippen LogP contribution in [0, 0.1) is 11.3 Å².